The SMILES string of the molecule is CCNC(=NCCCCC(F)(F)F)NC1CN(C(C)C)CC1C.I. The van der Waals surface area contributed by atoms with Crippen LogP contribution in [0.15, 0.2) is 4.99 Å². The van der Waals surface area contributed by atoms with E-state index in [-0.39, 0.29) is 30.4 Å². The van der Waals surface area contributed by atoms with E-state index in [1.807, 2.05) is 6.92 Å². The Kier molecular flexibility index (Phi) is 11.3. The highest BCUT2D eigenvalue weighted by atomic mass is 127. The van der Waals surface area contributed by atoms with E-state index in [1.165, 1.54) is 0 Å². The number of halogens is 4. The summed E-state index contributed by atoms with van der Waals surface area (Å²) in [6, 6.07) is 0.844. The van der Waals surface area contributed by atoms with Gasteiger partial charge < -0.3 is 10.6 Å². The van der Waals surface area contributed by atoms with Crippen molar-refractivity contribution in [2.24, 2.45) is 10.9 Å². The zero-order valence-electron chi connectivity index (χ0n) is 15.1. The minimum absolute atomic E-state index is 0. The molecule has 1 heterocycles. The number of nitrogens with one attached hydrogen (secondary N) is 2. The van der Waals surface area contributed by atoms with Crippen LogP contribution in [0.1, 0.15) is 47.0 Å². The van der Waals surface area contributed by atoms with Crippen LogP contribution in [0.3, 0.4) is 0 Å². The second-order valence-corrected chi connectivity index (χ2v) is 6.61. The molecule has 8 heteroatoms. The summed E-state index contributed by atoms with van der Waals surface area (Å²) in [7, 11) is 0. The normalized spacial score (nSPS) is 22.6. The molecule has 0 aliphatic carbocycles. The Hall–Kier alpha value is -0.250. The first-order chi connectivity index (χ1) is 10.7. The molecule has 1 fully saturated rings. The molecule has 0 saturated carbocycles. The van der Waals surface area contributed by atoms with Crippen LogP contribution in [-0.2, 0) is 0 Å². The van der Waals surface area contributed by atoms with Gasteiger partial charge >= 0.3 is 6.18 Å². The van der Waals surface area contributed by atoms with Crippen LogP contribution in [0.4, 0.5) is 13.2 Å². The Morgan fingerprint density at radius 3 is 2.42 bits per heavy atom. The lowest BCUT2D eigenvalue weighted by Crippen LogP contribution is -2.46. The number of hydrogen-bond acceptors (Lipinski definition) is 2. The van der Waals surface area contributed by atoms with E-state index in [0.717, 1.165) is 19.6 Å². The van der Waals surface area contributed by atoms with Crippen molar-refractivity contribution in [3.05, 3.63) is 0 Å². The van der Waals surface area contributed by atoms with Crippen LogP contribution in [0, 0.1) is 5.92 Å². The van der Waals surface area contributed by atoms with Crippen molar-refractivity contribution in [3.63, 3.8) is 0 Å². The maximum Gasteiger partial charge on any atom is 0.389 e. The molecular formula is C16H32F3IN4. The Morgan fingerprint density at radius 1 is 1.25 bits per heavy atom. The Labute approximate surface area is 161 Å². The summed E-state index contributed by atoms with van der Waals surface area (Å²) in [6.07, 6.45) is -4.21. The quantitative estimate of drug-likeness (QED) is 0.262. The summed E-state index contributed by atoms with van der Waals surface area (Å²) in [4.78, 5) is 6.84. The highest BCUT2D eigenvalue weighted by Gasteiger charge is 2.31. The molecule has 2 N–H and O–H groups in total. The van der Waals surface area contributed by atoms with Crippen LogP contribution < -0.4 is 10.6 Å². The van der Waals surface area contributed by atoms with Gasteiger partial charge in [-0.2, -0.15) is 13.2 Å². The highest BCUT2D eigenvalue weighted by Crippen LogP contribution is 2.22. The molecule has 0 aromatic carbocycles. The number of hydrogen-bond donors (Lipinski definition) is 2. The van der Waals surface area contributed by atoms with Crippen molar-refractivity contribution >= 4 is 29.9 Å². The predicted octanol–water partition coefficient (Wildman–Crippen LogP) is 3.62. The van der Waals surface area contributed by atoms with E-state index >= 15 is 0 Å². The Balaban J connectivity index is 0.00000529. The highest BCUT2D eigenvalue weighted by molar-refractivity contribution is 14.0. The summed E-state index contributed by atoms with van der Waals surface area (Å²) >= 11 is 0. The molecule has 1 saturated heterocycles. The third kappa shape index (κ3) is 9.29. The molecule has 144 valence electrons. The van der Waals surface area contributed by atoms with Gasteiger partial charge in [-0.3, -0.25) is 9.89 Å². The van der Waals surface area contributed by atoms with E-state index in [1.54, 1.807) is 0 Å². The molecule has 0 aromatic heterocycles. The molecule has 0 aromatic rings. The molecule has 24 heavy (non-hydrogen) atoms. The van der Waals surface area contributed by atoms with Crippen LogP contribution in [0.25, 0.3) is 0 Å². The van der Waals surface area contributed by atoms with Gasteiger partial charge in [-0.25, -0.2) is 0 Å². The van der Waals surface area contributed by atoms with Crippen molar-refractivity contribution in [2.45, 2.75) is 65.2 Å². The largest absolute Gasteiger partial charge is 0.389 e. The molecule has 1 rings (SSSR count). The first-order valence-corrected chi connectivity index (χ1v) is 8.58. The van der Waals surface area contributed by atoms with Crippen molar-refractivity contribution in [2.75, 3.05) is 26.2 Å². The van der Waals surface area contributed by atoms with Crippen LogP contribution in [0.5, 0.6) is 0 Å². The van der Waals surface area contributed by atoms with E-state index in [0.29, 0.717) is 36.9 Å². The summed E-state index contributed by atoms with van der Waals surface area (Å²) in [5, 5.41) is 6.61. The molecule has 2 unspecified atom stereocenters. The second-order valence-electron chi connectivity index (χ2n) is 6.61. The molecule has 0 spiro atoms. The van der Waals surface area contributed by atoms with E-state index in [9.17, 15) is 13.2 Å². The first-order valence-electron chi connectivity index (χ1n) is 8.58. The number of nitrogens with zero attached hydrogens (tertiary/aromatic N) is 2. The number of unbranched alkanes of at least 4 members (excludes halogenated alkanes) is 1. The standard InChI is InChI=1S/C16H31F3N4.HI/c1-5-20-15(21-9-7-6-8-16(17,18)19)22-14-11-23(12(2)3)10-13(14)4;/h12-14H,5-11H2,1-4H3,(H2,20,21,22);1H. The number of rotatable bonds is 7. The number of aliphatic imine (C=N–C) groups is 1. The van der Waals surface area contributed by atoms with E-state index in [2.05, 4.69) is 41.3 Å². The van der Waals surface area contributed by atoms with Gasteiger partial charge in [0.15, 0.2) is 5.96 Å². The van der Waals surface area contributed by atoms with Gasteiger partial charge in [-0.15, -0.1) is 24.0 Å². The van der Waals surface area contributed by atoms with E-state index in [4.69, 9.17) is 0 Å². The Bertz CT molecular complexity index is 375. The van der Waals surface area contributed by atoms with Gasteiger partial charge in [0.2, 0.25) is 0 Å². The zero-order valence-corrected chi connectivity index (χ0v) is 17.4. The van der Waals surface area contributed by atoms with Gasteiger partial charge in [0, 0.05) is 44.7 Å². The minimum Gasteiger partial charge on any atom is -0.357 e. The van der Waals surface area contributed by atoms with Crippen LogP contribution >= 0.6 is 24.0 Å². The fourth-order valence-corrected chi connectivity index (χ4v) is 2.74. The molecule has 2 atom stereocenters. The van der Waals surface area contributed by atoms with Crippen LogP contribution in [-0.4, -0.2) is 55.3 Å². The molecule has 1 aliphatic heterocycles. The van der Waals surface area contributed by atoms with Crippen LogP contribution in [0.2, 0.25) is 0 Å². The maximum absolute atomic E-state index is 12.1. The third-order valence-corrected chi connectivity index (χ3v) is 4.18. The average Bonchev–Trinajstić information content (AvgIpc) is 2.79. The van der Waals surface area contributed by atoms with Crippen molar-refractivity contribution in [1.29, 1.82) is 0 Å². The van der Waals surface area contributed by atoms with Gasteiger partial charge in [0.25, 0.3) is 0 Å². The second kappa shape index (κ2) is 11.4. The zero-order chi connectivity index (χ0) is 17.5. The Morgan fingerprint density at radius 2 is 1.92 bits per heavy atom. The fourth-order valence-electron chi connectivity index (χ4n) is 2.74. The monoisotopic (exact) mass is 464 g/mol. The lowest BCUT2D eigenvalue weighted by Gasteiger charge is -2.22. The molecule has 0 amide bonds. The number of guanidine groups is 1. The lowest BCUT2D eigenvalue weighted by atomic mass is 10.1. The average molecular weight is 464 g/mol. The summed E-state index contributed by atoms with van der Waals surface area (Å²) in [5.41, 5.74) is 0. The maximum atomic E-state index is 12.1. The van der Waals surface area contributed by atoms with Gasteiger partial charge in [-0.1, -0.05) is 6.92 Å². The topological polar surface area (TPSA) is 39.7 Å². The molecule has 4 nitrogen and oxygen atoms in total. The first kappa shape index (κ1) is 23.8. The van der Waals surface area contributed by atoms with E-state index < -0.39 is 12.6 Å². The summed E-state index contributed by atoms with van der Waals surface area (Å²) in [5.74, 6) is 1.23. The molecule has 1 aliphatic rings. The predicted molar refractivity (Wildman–Crippen MR) is 104 cm³/mol. The minimum atomic E-state index is -4.06. The van der Waals surface area contributed by atoms with Crippen molar-refractivity contribution < 1.29 is 13.2 Å². The van der Waals surface area contributed by atoms with Crippen molar-refractivity contribution in [1.82, 2.24) is 15.5 Å². The summed E-state index contributed by atoms with van der Waals surface area (Å²) < 4.78 is 36.3. The number of alkyl halides is 3. The van der Waals surface area contributed by atoms with Gasteiger partial charge in [0.05, 0.1) is 0 Å². The van der Waals surface area contributed by atoms with Crippen molar-refractivity contribution in [3.8, 4) is 0 Å². The molecule has 0 radical (unpaired) electrons. The smallest absolute Gasteiger partial charge is 0.357 e. The lowest BCUT2D eigenvalue weighted by molar-refractivity contribution is -0.135. The molecular weight excluding hydrogens is 432 g/mol. The summed E-state index contributed by atoms with van der Waals surface area (Å²) in [6.45, 7) is 11.8. The fraction of sp³-hybridized carbons (Fsp3) is 0.938. The van der Waals surface area contributed by atoms with Gasteiger partial charge in [0.1, 0.15) is 0 Å². The molecule has 0 bridgehead atoms. The van der Waals surface area contributed by atoms with Gasteiger partial charge in [-0.05, 0) is 39.5 Å². The third-order valence-electron chi connectivity index (χ3n) is 4.18. The number of likely N-dealkylation sites (tertiary alicyclic amines) is 1.